The zero-order chi connectivity index (χ0) is 28.5. The lowest BCUT2D eigenvalue weighted by molar-refractivity contribution is -0.139. The molecule has 3 N–H and O–H groups in total. The summed E-state index contributed by atoms with van der Waals surface area (Å²) in [5.74, 6) is 0.561. The number of allylic oxidation sites excluding steroid dienone is 1. The number of benzene rings is 2. The molecule has 3 rings (SSSR count). The fourth-order valence-electron chi connectivity index (χ4n) is 3.77. The Morgan fingerprint density at radius 1 is 1.08 bits per heavy atom. The second-order valence-corrected chi connectivity index (χ2v) is 8.88. The first-order chi connectivity index (χ1) is 18.7. The van der Waals surface area contributed by atoms with Crippen molar-refractivity contribution in [1.29, 1.82) is 0 Å². The summed E-state index contributed by atoms with van der Waals surface area (Å²) < 4.78 is 27.4. The maximum absolute atomic E-state index is 12.6. The molecule has 0 aromatic heterocycles. The second-order valence-electron chi connectivity index (χ2n) is 8.02. The molecule has 13 heteroatoms. The summed E-state index contributed by atoms with van der Waals surface area (Å²) in [5.41, 5.74) is 4.27. The molecule has 1 heterocycles. The molecule has 0 saturated carbocycles. The van der Waals surface area contributed by atoms with Crippen LogP contribution in [0.2, 0.25) is 0 Å². The minimum atomic E-state index is -0.769. The Balaban J connectivity index is 1.68. The first kappa shape index (κ1) is 29.3. The van der Waals surface area contributed by atoms with Gasteiger partial charge >= 0.3 is 12.0 Å². The molecular weight excluding hydrogens is 576 g/mol. The van der Waals surface area contributed by atoms with Gasteiger partial charge in [0.15, 0.2) is 29.6 Å². The van der Waals surface area contributed by atoms with Crippen LogP contribution in [0.1, 0.15) is 31.0 Å². The number of urea groups is 1. The third-order valence-corrected chi connectivity index (χ3v) is 6.09. The van der Waals surface area contributed by atoms with E-state index >= 15 is 0 Å². The van der Waals surface area contributed by atoms with Gasteiger partial charge in [-0.2, -0.15) is 5.10 Å². The molecule has 1 aliphatic rings. The van der Waals surface area contributed by atoms with Crippen LogP contribution >= 0.6 is 15.9 Å². The van der Waals surface area contributed by atoms with Crippen molar-refractivity contribution in [2.45, 2.75) is 19.9 Å². The molecule has 1 atom stereocenters. The highest BCUT2D eigenvalue weighted by atomic mass is 79.9. The van der Waals surface area contributed by atoms with Crippen molar-refractivity contribution in [1.82, 2.24) is 16.1 Å². The summed E-state index contributed by atoms with van der Waals surface area (Å²) >= 11 is 3.40. The number of hydrogen-bond donors (Lipinski definition) is 3. The number of carbonyl (C=O) groups excluding carboxylic acids is 3. The van der Waals surface area contributed by atoms with Crippen LogP contribution in [-0.4, -0.2) is 58.7 Å². The van der Waals surface area contributed by atoms with E-state index in [0.717, 1.165) is 0 Å². The smallest absolute Gasteiger partial charge is 0.338 e. The molecule has 0 radical (unpaired) electrons. The minimum absolute atomic E-state index is 0.185. The molecule has 1 aliphatic heterocycles. The third-order valence-electron chi connectivity index (χ3n) is 5.50. The molecule has 0 saturated heterocycles. The summed E-state index contributed by atoms with van der Waals surface area (Å²) in [6, 6.07) is 7.09. The third kappa shape index (κ3) is 7.19. The number of hydrazone groups is 1. The number of nitrogens with zero attached hydrogens (tertiary/aromatic N) is 1. The van der Waals surface area contributed by atoms with Crippen molar-refractivity contribution in [3.63, 3.8) is 0 Å². The van der Waals surface area contributed by atoms with Gasteiger partial charge in [-0.3, -0.25) is 4.79 Å². The van der Waals surface area contributed by atoms with Crippen LogP contribution in [0.3, 0.4) is 0 Å². The number of hydrogen-bond acceptors (Lipinski definition) is 9. The summed E-state index contributed by atoms with van der Waals surface area (Å²) in [6.07, 6.45) is 1.45. The number of nitrogens with one attached hydrogen (secondary N) is 3. The van der Waals surface area contributed by atoms with Crippen LogP contribution in [0.25, 0.3) is 0 Å². The number of carbonyl (C=O) groups is 3. The van der Waals surface area contributed by atoms with Gasteiger partial charge in [-0.15, -0.1) is 0 Å². The van der Waals surface area contributed by atoms with Crippen molar-refractivity contribution in [2.24, 2.45) is 5.10 Å². The van der Waals surface area contributed by atoms with Gasteiger partial charge in [0.1, 0.15) is 0 Å². The van der Waals surface area contributed by atoms with Gasteiger partial charge in [0.2, 0.25) is 0 Å². The van der Waals surface area contributed by atoms with E-state index in [1.165, 1.54) is 27.5 Å². The SMILES string of the molecule is CCOC(=O)C1=C(C)NC(=O)N[C@@H]1c1ccc(OCC(=O)N/N=C\c2cc(Br)c(OC)c(OC)c2)c(OC)c1. The molecule has 0 spiro atoms. The van der Waals surface area contributed by atoms with Crippen molar-refractivity contribution in [2.75, 3.05) is 34.5 Å². The van der Waals surface area contributed by atoms with Gasteiger partial charge < -0.3 is 34.3 Å². The Kier molecular flexibility index (Phi) is 10.1. The van der Waals surface area contributed by atoms with Crippen LogP contribution in [0.15, 0.2) is 51.2 Å². The van der Waals surface area contributed by atoms with Crippen LogP contribution in [-0.2, 0) is 14.3 Å². The average Bonchev–Trinajstić information content (AvgIpc) is 2.91. The molecule has 0 fully saturated rings. The summed E-state index contributed by atoms with van der Waals surface area (Å²) in [7, 11) is 4.49. The molecule has 2 aromatic carbocycles. The topological polar surface area (TPSA) is 146 Å². The van der Waals surface area contributed by atoms with Gasteiger partial charge in [-0.1, -0.05) is 6.07 Å². The van der Waals surface area contributed by atoms with E-state index in [9.17, 15) is 14.4 Å². The normalized spacial score (nSPS) is 14.8. The average molecular weight is 605 g/mol. The van der Waals surface area contributed by atoms with Crippen molar-refractivity contribution >= 4 is 40.1 Å². The van der Waals surface area contributed by atoms with E-state index in [1.54, 1.807) is 44.2 Å². The van der Waals surface area contributed by atoms with E-state index in [2.05, 4.69) is 37.1 Å². The molecule has 208 valence electrons. The fraction of sp³-hybridized carbons (Fsp3) is 0.308. The highest BCUT2D eigenvalue weighted by molar-refractivity contribution is 9.10. The van der Waals surface area contributed by atoms with Crippen LogP contribution < -0.4 is 35.0 Å². The number of esters is 1. The molecular formula is C26H29BrN4O8. The lowest BCUT2D eigenvalue weighted by atomic mass is 9.95. The second kappa shape index (κ2) is 13.5. The van der Waals surface area contributed by atoms with Gasteiger partial charge in [0, 0.05) is 5.70 Å². The quantitative estimate of drug-likeness (QED) is 0.201. The summed E-state index contributed by atoms with van der Waals surface area (Å²) in [4.78, 5) is 37.0. The van der Waals surface area contributed by atoms with E-state index < -0.39 is 23.9 Å². The predicted octanol–water partition coefficient (Wildman–Crippen LogP) is 3.20. The Labute approximate surface area is 233 Å². The van der Waals surface area contributed by atoms with Crippen molar-refractivity contribution in [3.8, 4) is 23.0 Å². The van der Waals surface area contributed by atoms with E-state index in [0.29, 0.717) is 38.5 Å². The summed E-state index contributed by atoms with van der Waals surface area (Å²) in [5, 5.41) is 9.26. The number of amides is 3. The van der Waals surface area contributed by atoms with Crippen molar-refractivity contribution in [3.05, 3.63) is 57.2 Å². The van der Waals surface area contributed by atoms with E-state index in [1.807, 2.05) is 0 Å². The molecule has 39 heavy (non-hydrogen) atoms. The van der Waals surface area contributed by atoms with E-state index in [4.69, 9.17) is 23.7 Å². The Morgan fingerprint density at radius 2 is 1.82 bits per heavy atom. The molecule has 0 aliphatic carbocycles. The first-order valence-corrected chi connectivity index (χ1v) is 12.5. The van der Waals surface area contributed by atoms with Gasteiger partial charge in [0.05, 0.1) is 50.2 Å². The van der Waals surface area contributed by atoms with Crippen LogP contribution in [0, 0.1) is 0 Å². The predicted molar refractivity (Wildman–Crippen MR) is 145 cm³/mol. The number of ether oxygens (including phenoxy) is 5. The Hall–Kier alpha value is -4.26. The number of halogens is 1. The maximum atomic E-state index is 12.6. The standard InChI is InChI=1S/C26H29BrN4O8/c1-6-38-25(33)22-14(2)29-26(34)30-23(22)16-7-8-18(19(11-16)35-3)39-13-21(32)31-28-12-15-9-17(27)24(37-5)20(10-15)36-4/h7-12,23H,6,13H2,1-5H3,(H,31,32)(H2,29,30,34)/b28-12-/t23-/m1/s1. The van der Waals surface area contributed by atoms with Crippen molar-refractivity contribution < 1.29 is 38.1 Å². The number of rotatable bonds is 11. The molecule has 0 bridgehead atoms. The van der Waals surface area contributed by atoms with E-state index in [-0.39, 0.29) is 24.5 Å². The largest absolute Gasteiger partial charge is 0.493 e. The van der Waals surface area contributed by atoms with Gasteiger partial charge in [-0.05, 0) is 65.2 Å². The molecule has 3 amide bonds. The maximum Gasteiger partial charge on any atom is 0.338 e. The number of methoxy groups -OCH3 is 3. The molecule has 2 aromatic rings. The summed E-state index contributed by atoms with van der Waals surface area (Å²) in [6.45, 7) is 3.16. The van der Waals surface area contributed by atoms with Crippen LogP contribution in [0.4, 0.5) is 4.79 Å². The lowest BCUT2D eigenvalue weighted by Gasteiger charge is -2.28. The minimum Gasteiger partial charge on any atom is -0.493 e. The Bertz CT molecular complexity index is 1310. The highest BCUT2D eigenvalue weighted by Gasteiger charge is 2.32. The lowest BCUT2D eigenvalue weighted by Crippen LogP contribution is -2.45. The Morgan fingerprint density at radius 3 is 2.49 bits per heavy atom. The monoisotopic (exact) mass is 604 g/mol. The van der Waals surface area contributed by atoms with Gasteiger partial charge in [-0.25, -0.2) is 15.0 Å². The zero-order valence-electron chi connectivity index (χ0n) is 22.0. The first-order valence-electron chi connectivity index (χ1n) is 11.7. The molecule has 0 unspecified atom stereocenters. The highest BCUT2D eigenvalue weighted by Crippen LogP contribution is 2.36. The van der Waals surface area contributed by atoms with Crippen LogP contribution in [0.5, 0.6) is 23.0 Å². The zero-order valence-corrected chi connectivity index (χ0v) is 23.6. The molecule has 12 nitrogen and oxygen atoms in total. The van der Waals surface area contributed by atoms with Gasteiger partial charge in [0.25, 0.3) is 5.91 Å². The fourth-order valence-corrected chi connectivity index (χ4v) is 4.39.